The van der Waals surface area contributed by atoms with Crippen LogP contribution in [0.5, 0.6) is 0 Å². The zero-order chi connectivity index (χ0) is 24.7. The molecule has 1 amide bonds. The second-order valence-electron chi connectivity index (χ2n) is 9.24. The zero-order valence-electron chi connectivity index (χ0n) is 19.6. The first kappa shape index (κ1) is 23.4. The molecule has 0 bridgehead atoms. The van der Waals surface area contributed by atoms with Gasteiger partial charge in [0.15, 0.2) is 0 Å². The SMILES string of the molecule is Cc1cccc(-c2nc3nc(NC(=O)CC(C)(C)C)ccn3c2-c2ccnc(S(C)(=O)=O)n2)n1. The number of nitrogens with zero attached hydrogens (tertiary/aromatic N) is 6. The van der Waals surface area contributed by atoms with Gasteiger partial charge >= 0.3 is 0 Å². The van der Waals surface area contributed by atoms with Gasteiger partial charge in [0.2, 0.25) is 26.7 Å². The van der Waals surface area contributed by atoms with Crippen LogP contribution in [-0.2, 0) is 14.6 Å². The lowest BCUT2D eigenvalue weighted by molar-refractivity contribution is -0.117. The molecule has 4 aromatic rings. The molecule has 0 aliphatic rings. The number of pyridine rings is 1. The number of nitrogens with one attached hydrogen (secondary N) is 1. The lowest BCUT2D eigenvalue weighted by atomic mass is 9.92. The maximum atomic E-state index is 12.4. The van der Waals surface area contributed by atoms with Crippen LogP contribution in [-0.4, -0.2) is 49.9 Å². The fourth-order valence-electron chi connectivity index (χ4n) is 3.42. The molecular weight excluding hydrogens is 454 g/mol. The Balaban J connectivity index is 1.88. The van der Waals surface area contributed by atoms with E-state index >= 15 is 0 Å². The smallest absolute Gasteiger partial charge is 0.247 e. The van der Waals surface area contributed by atoms with Crippen LogP contribution in [0.1, 0.15) is 32.9 Å². The third kappa shape index (κ3) is 5.09. The standard InChI is InChI=1S/C23H25N7O3S/c1-14-7-6-8-15(25-14)19-20(16-9-11-24-22(26-16)34(5,32)33)30-12-10-17(28-21(30)29-19)27-18(31)13-23(2,3)4/h6-12H,13H2,1-5H3,(H,27,28,29,31). The van der Waals surface area contributed by atoms with Gasteiger partial charge in [-0.15, -0.1) is 0 Å². The van der Waals surface area contributed by atoms with Gasteiger partial charge in [0.25, 0.3) is 0 Å². The zero-order valence-corrected chi connectivity index (χ0v) is 20.4. The summed E-state index contributed by atoms with van der Waals surface area (Å²) in [4.78, 5) is 34.3. The maximum absolute atomic E-state index is 12.4. The van der Waals surface area contributed by atoms with Crippen molar-refractivity contribution in [2.24, 2.45) is 5.41 Å². The number of aromatic nitrogens is 6. The monoisotopic (exact) mass is 479 g/mol. The summed E-state index contributed by atoms with van der Waals surface area (Å²) >= 11 is 0. The van der Waals surface area contributed by atoms with Gasteiger partial charge in [0, 0.05) is 30.8 Å². The number of hydrogen-bond acceptors (Lipinski definition) is 8. The first-order valence-corrected chi connectivity index (χ1v) is 12.5. The summed E-state index contributed by atoms with van der Waals surface area (Å²) in [7, 11) is -3.62. The van der Waals surface area contributed by atoms with E-state index in [1.165, 1.54) is 6.20 Å². The van der Waals surface area contributed by atoms with Gasteiger partial charge in [0.05, 0.1) is 11.4 Å². The molecule has 0 atom stereocenters. The van der Waals surface area contributed by atoms with Gasteiger partial charge in [0.1, 0.15) is 17.2 Å². The highest BCUT2D eigenvalue weighted by Crippen LogP contribution is 2.31. The van der Waals surface area contributed by atoms with Crippen molar-refractivity contribution in [3.05, 3.63) is 48.4 Å². The van der Waals surface area contributed by atoms with E-state index in [0.29, 0.717) is 40.8 Å². The Kier molecular flexibility index (Phi) is 5.90. The summed E-state index contributed by atoms with van der Waals surface area (Å²) in [5, 5.41) is 2.52. The molecule has 4 aromatic heterocycles. The largest absolute Gasteiger partial charge is 0.311 e. The molecule has 0 aliphatic heterocycles. The Hall–Kier alpha value is -3.73. The first-order chi connectivity index (χ1) is 15.9. The molecule has 0 radical (unpaired) electrons. The van der Waals surface area contributed by atoms with E-state index in [4.69, 9.17) is 0 Å². The average molecular weight is 480 g/mol. The van der Waals surface area contributed by atoms with Gasteiger partial charge in [-0.3, -0.25) is 14.2 Å². The lowest BCUT2D eigenvalue weighted by Gasteiger charge is -2.16. The fraction of sp³-hybridized carbons (Fsp3) is 0.304. The molecule has 0 saturated carbocycles. The molecule has 0 aliphatic carbocycles. The molecule has 0 spiro atoms. The van der Waals surface area contributed by atoms with Crippen LogP contribution in [0.3, 0.4) is 0 Å². The van der Waals surface area contributed by atoms with Crippen molar-refractivity contribution >= 4 is 27.3 Å². The van der Waals surface area contributed by atoms with E-state index in [-0.39, 0.29) is 16.5 Å². The van der Waals surface area contributed by atoms with Crippen molar-refractivity contribution in [1.29, 1.82) is 0 Å². The molecule has 0 aromatic carbocycles. The Labute approximate surface area is 197 Å². The highest BCUT2D eigenvalue weighted by atomic mass is 32.2. The van der Waals surface area contributed by atoms with Crippen molar-refractivity contribution in [3.63, 3.8) is 0 Å². The molecule has 4 heterocycles. The molecule has 11 heteroatoms. The number of amides is 1. The van der Waals surface area contributed by atoms with Crippen LogP contribution in [0.15, 0.2) is 47.9 Å². The second kappa shape index (κ2) is 8.56. The van der Waals surface area contributed by atoms with E-state index < -0.39 is 9.84 Å². The highest BCUT2D eigenvalue weighted by molar-refractivity contribution is 7.90. The normalized spacial score (nSPS) is 12.1. The van der Waals surface area contributed by atoms with Crippen LogP contribution in [0, 0.1) is 12.3 Å². The van der Waals surface area contributed by atoms with Crippen molar-refractivity contribution in [2.45, 2.75) is 39.3 Å². The predicted octanol–water partition coefficient (Wildman–Crippen LogP) is 3.33. The summed E-state index contributed by atoms with van der Waals surface area (Å²) in [6.07, 6.45) is 4.49. The number of rotatable bonds is 5. The van der Waals surface area contributed by atoms with Crippen LogP contribution < -0.4 is 5.32 Å². The minimum atomic E-state index is -3.62. The summed E-state index contributed by atoms with van der Waals surface area (Å²) in [6, 6.07) is 8.80. The lowest BCUT2D eigenvalue weighted by Crippen LogP contribution is -2.20. The van der Waals surface area contributed by atoms with Crippen molar-refractivity contribution in [2.75, 3.05) is 11.6 Å². The van der Waals surface area contributed by atoms with Gasteiger partial charge in [-0.25, -0.2) is 23.4 Å². The summed E-state index contributed by atoms with van der Waals surface area (Å²) in [5.41, 5.74) is 2.56. The third-order valence-electron chi connectivity index (χ3n) is 4.79. The van der Waals surface area contributed by atoms with E-state index in [9.17, 15) is 13.2 Å². The molecule has 0 unspecified atom stereocenters. The van der Waals surface area contributed by atoms with Crippen LogP contribution in [0.4, 0.5) is 5.82 Å². The molecular formula is C23H25N7O3S. The first-order valence-electron chi connectivity index (χ1n) is 10.6. The molecule has 10 nitrogen and oxygen atoms in total. The highest BCUT2D eigenvalue weighted by Gasteiger charge is 2.22. The Morgan fingerprint density at radius 1 is 1.03 bits per heavy atom. The van der Waals surface area contributed by atoms with Crippen LogP contribution in [0.25, 0.3) is 28.6 Å². The van der Waals surface area contributed by atoms with Gasteiger partial charge in [-0.2, -0.15) is 4.98 Å². The van der Waals surface area contributed by atoms with Crippen LogP contribution in [0.2, 0.25) is 0 Å². The Morgan fingerprint density at radius 3 is 2.47 bits per heavy atom. The second-order valence-corrected chi connectivity index (χ2v) is 11.1. The van der Waals surface area contributed by atoms with E-state index in [1.807, 2.05) is 45.9 Å². The summed E-state index contributed by atoms with van der Waals surface area (Å²) < 4.78 is 25.8. The van der Waals surface area contributed by atoms with Crippen LogP contribution >= 0.6 is 0 Å². The topological polar surface area (TPSA) is 132 Å². The van der Waals surface area contributed by atoms with Gasteiger partial charge < -0.3 is 5.32 Å². The van der Waals surface area contributed by atoms with E-state index in [0.717, 1.165) is 11.9 Å². The molecule has 4 rings (SSSR count). The van der Waals surface area contributed by atoms with Crippen molar-refractivity contribution in [1.82, 2.24) is 29.3 Å². The van der Waals surface area contributed by atoms with E-state index in [2.05, 4.69) is 30.2 Å². The molecule has 34 heavy (non-hydrogen) atoms. The quantitative estimate of drug-likeness (QED) is 0.431. The molecule has 0 saturated heterocycles. The van der Waals surface area contributed by atoms with Gasteiger partial charge in [-0.05, 0) is 36.6 Å². The number of imidazole rings is 1. The molecule has 0 fully saturated rings. The Bertz CT molecular complexity index is 1500. The van der Waals surface area contributed by atoms with Gasteiger partial charge in [-0.1, -0.05) is 26.8 Å². The molecule has 176 valence electrons. The maximum Gasteiger partial charge on any atom is 0.247 e. The number of carbonyl (C=O) groups excluding carboxylic acids is 1. The third-order valence-corrected chi connectivity index (χ3v) is 5.65. The number of hydrogen-bond donors (Lipinski definition) is 1. The molecule has 1 N–H and O–H groups in total. The van der Waals surface area contributed by atoms with E-state index in [1.54, 1.807) is 22.7 Å². The number of anilines is 1. The van der Waals surface area contributed by atoms with Crippen molar-refractivity contribution in [3.8, 4) is 22.8 Å². The summed E-state index contributed by atoms with van der Waals surface area (Å²) in [6.45, 7) is 7.82. The number of sulfone groups is 1. The number of fused-ring (bicyclic) bond motifs is 1. The minimum absolute atomic E-state index is 0.148. The fourth-order valence-corrected chi connectivity index (χ4v) is 3.94. The van der Waals surface area contributed by atoms with Crippen molar-refractivity contribution < 1.29 is 13.2 Å². The number of aryl methyl sites for hydroxylation is 1. The average Bonchev–Trinajstić information content (AvgIpc) is 3.10. The minimum Gasteiger partial charge on any atom is -0.311 e. The Morgan fingerprint density at radius 2 is 1.79 bits per heavy atom. The summed E-state index contributed by atoms with van der Waals surface area (Å²) in [5.74, 6) is 0.522. The predicted molar refractivity (Wildman–Crippen MR) is 128 cm³/mol. The number of carbonyl (C=O) groups is 1.